The first-order chi connectivity index (χ1) is 9.13. The van der Waals surface area contributed by atoms with Crippen molar-refractivity contribution in [3.8, 4) is 0 Å². The molecule has 0 bridgehead atoms. The summed E-state index contributed by atoms with van der Waals surface area (Å²) < 4.78 is 0. The molecular formula is C11H11ClN6S. The van der Waals surface area contributed by atoms with Gasteiger partial charge in [-0.3, -0.25) is 5.10 Å². The van der Waals surface area contributed by atoms with Crippen molar-refractivity contribution in [2.24, 2.45) is 5.73 Å². The molecule has 1 aliphatic rings. The lowest BCUT2D eigenvalue weighted by molar-refractivity contribution is 0.966. The zero-order valence-corrected chi connectivity index (χ0v) is 11.4. The third-order valence-corrected chi connectivity index (χ3v) is 3.28. The van der Waals surface area contributed by atoms with Gasteiger partial charge in [-0.15, -0.1) is 0 Å². The lowest BCUT2D eigenvalue weighted by Crippen LogP contribution is -2.14. The van der Waals surface area contributed by atoms with E-state index in [1.54, 1.807) is 0 Å². The number of hydrogen-bond donors (Lipinski definition) is 3. The van der Waals surface area contributed by atoms with E-state index in [1.165, 1.54) is 19.0 Å². The van der Waals surface area contributed by atoms with Crippen molar-refractivity contribution in [2.45, 2.75) is 18.8 Å². The molecule has 19 heavy (non-hydrogen) atoms. The molecule has 0 amide bonds. The maximum absolute atomic E-state index is 6.02. The van der Waals surface area contributed by atoms with E-state index in [1.807, 2.05) is 6.07 Å². The first kappa shape index (κ1) is 12.3. The monoisotopic (exact) mass is 294 g/mol. The second-order valence-corrected chi connectivity index (χ2v) is 5.21. The van der Waals surface area contributed by atoms with Gasteiger partial charge in [0.15, 0.2) is 17.5 Å². The number of halogens is 1. The summed E-state index contributed by atoms with van der Waals surface area (Å²) in [5.74, 6) is 1.99. The third-order valence-electron chi connectivity index (χ3n) is 2.83. The molecule has 2 heterocycles. The maximum atomic E-state index is 6.02. The SMILES string of the molecule is NC(=S)c1ncc(Cl)c(Nc2cc(C3CC3)[nH]n2)n1. The van der Waals surface area contributed by atoms with E-state index in [9.17, 15) is 0 Å². The Morgan fingerprint density at radius 2 is 2.32 bits per heavy atom. The molecule has 0 aliphatic heterocycles. The average molecular weight is 295 g/mol. The van der Waals surface area contributed by atoms with Gasteiger partial charge in [-0.25, -0.2) is 9.97 Å². The van der Waals surface area contributed by atoms with Gasteiger partial charge < -0.3 is 11.1 Å². The van der Waals surface area contributed by atoms with Crippen molar-refractivity contribution in [3.63, 3.8) is 0 Å². The van der Waals surface area contributed by atoms with Crippen molar-refractivity contribution < 1.29 is 0 Å². The largest absolute Gasteiger partial charge is 0.387 e. The molecule has 1 saturated carbocycles. The van der Waals surface area contributed by atoms with E-state index in [4.69, 9.17) is 29.6 Å². The molecule has 0 spiro atoms. The van der Waals surface area contributed by atoms with Gasteiger partial charge in [0, 0.05) is 17.7 Å². The van der Waals surface area contributed by atoms with Crippen molar-refractivity contribution in [3.05, 3.63) is 28.8 Å². The minimum absolute atomic E-state index is 0.125. The van der Waals surface area contributed by atoms with Crippen LogP contribution in [0.4, 0.5) is 11.6 Å². The molecule has 8 heteroatoms. The van der Waals surface area contributed by atoms with E-state index in [-0.39, 0.29) is 10.8 Å². The van der Waals surface area contributed by atoms with Crippen molar-refractivity contribution in [1.82, 2.24) is 20.2 Å². The van der Waals surface area contributed by atoms with E-state index < -0.39 is 0 Å². The number of nitrogens with one attached hydrogen (secondary N) is 2. The smallest absolute Gasteiger partial charge is 0.188 e. The zero-order chi connectivity index (χ0) is 13.4. The molecule has 1 aliphatic carbocycles. The standard InChI is InChI=1S/C11H11ClN6S/c12-6-4-14-11(9(13)19)16-10(6)15-8-3-7(17-18-8)5-1-2-5/h3-5H,1-2H2,(H2,13,19)(H2,14,15,16,17,18). The molecule has 3 rings (SSSR count). The highest BCUT2D eigenvalue weighted by Gasteiger charge is 2.25. The molecule has 0 aromatic carbocycles. The molecule has 0 unspecified atom stereocenters. The van der Waals surface area contributed by atoms with Gasteiger partial charge in [-0.05, 0) is 12.8 Å². The third kappa shape index (κ3) is 2.66. The minimum Gasteiger partial charge on any atom is -0.387 e. The van der Waals surface area contributed by atoms with Crippen LogP contribution in [0.25, 0.3) is 0 Å². The van der Waals surface area contributed by atoms with Gasteiger partial charge in [0.2, 0.25) is 0 Å². The van der Waals surface area contributed by atoms with Gasteiger partial charge in [-0.2, -0.15) is 5.10 Å². The molecule has 0 atom stereocenters. The predicted molar refractivity (Wildman–Crippen MR) is 76.8 cm³/mol. The van der Waals surface area contributed by atoms with Crippen LogP contribution >= 0.6 is 23.8 Å². The van der Waals surface area contributed by atoms with E-state index in [0.29, 0.717) is 22.6 Å². The van der Waals surface area contributed by atoms with E-state index in [0.717, 1.165) is 5.69 Å². The molecule has 0 saturated heterocycles. The predicted octanol–water partition coefficient (Wildman–Crippen LogP) is 2.11. The number of H-pyrrole nitrogens is 1. The van der Waals surface area contributed by atoms with Crippen LogP contribution in [0.15, 0.2) is 12.3 Å². The van der Waals surface area contributed by atoms with Crippen LogP contribution in [0.5, 0.6) is 0 Å². The van der Waals surface area contributed by atoms with Crippen molar-refractivity contribution >= 4 is 40.4 Å². The molecule has 4 N–H and O–H groups in total. The van der Waals surface area contributed by atoms with Crippen LogP contribution in [-0.2, 0) is 0 Å². The number of nitrogens with two attached hydrogens (primary N) is 1. The van der Waals surface area contributed by atoms with Gasteiger partial charge in [0.1, 0.15) is 10.0 Å². The number of hydrogen-bond acceptors (Lipinski definition) is 5. The Morgan fingerprint density at radius 3 is 3.00 bits per heavy atom. The van der Waals surface area contributed by atoms with Crippen LogP contribution < -0.4 is 11.1 Å². The zero-order valence-electron chi connectivity index (χ0n) is 9.85. The van der Waals surface area contributed by atoms with Crippen molar-refractivity contribution in [2.75, 3.05) is 5.32 Å². The van der Waals surface area contributed by atoms with Gasteiger partial charge in [0.05, 0.1) is 6.20 Å². The highest BCUT2D eigenvalue weighted by Crippen LogP contribution is 2.39. The van der Waals surface area contributed by atoms with Crippen molar-refractivity contribution in [1.29, 1.82) is 0 Å². The van der Waals surface area contributed by atoms with Crippen LogP contribution in [0.2, 0.25) is 5.02 Å². The molecule has 6 nitrogen and oxygen atoms in total. The number of aromatic nitrogens is 4. The van der Waals surface area contributed by atoms with Crippen LogP contribution in [-0.4, -0.2) is 25.2 Å². The number of anilines is 2. The van der Waals surface area contributed by atoms with Crippen LogP contribution in [0.1, 0.15) is 30.3 Å². The minimum atomic E-state index is 0.125. The van der Waals surface area contributed by atoms with Crippen LogP contribution in [0.3, 0.4) is 0 Å². The Hall–Kier alpha value is -1.73. The first-order valence-corrected chi connectivity index (χ1v) is 6.57. The lowest BCUT2D eigenvalue weighted by Gasteiger charge is -2.05. The van der Waals surface area contributed by atoms with Gasteiger partial charge in [0.25, 0.3) is 0 Å². The number of thiocarbonyl (C=S) groups is 1. The fourth-order valence-corrected chi connectivity index (χ4v) is 1.94. The Labute approximate surface area is 119 Å². The summed E-state index contributed by atoms with van der Waals surface area (Å²) >= 11 is 10.9. The summed E-state index contributed by atoms with van der Waals surface area (Å²) in [7, 11) is 0. The number of nitrogens with zero attached hydrogens (tertiary/aromatic N) is 3. The Morgan fingerprint density at radius 1 is 1.53 bits per heavy atom. The topological polar surface area (TPSA) is 92.5 Å². The molecule has 0 radical (unpaired) electrons. The summed E-state index contributed by atoms with van der Waals surface area (Å²) in [5.41, 5.74) is 6.62. The second kappa shape index (κ2) is 4.75. The quantitative estimate of drug-likeness (QED) is 0.748. The summed E-state index contributed by atoms with van der Waals surface area (Å²) in [6, 6.07) is 1.95. The molecular weight excluding hydrogens is 284 g/mol. The molecule has 2 aromatic heterocycles. The number of rotatable bonds is 4. The van der Waals surface area contributed by atoms with E-state index >= 15 is 0 Å². The van der Waals surface area contributed by atoms with Gasteiger partial charge >= 0.3 is 0 Å². The Kier molecular flexibility index (Phi) is 3.08. The first-order valence-electron chi connectivity index (χ1n) is 5.78. The number of aromatic amines is 1. The second-order valence-electron chi connectivity index (χ2n) is 4.36. The lowest BCUT2D eigenvalue weighted by atomic mass is 10.3. The summed E-state index contributed by atoms with van der Waals surface area (Å²) in [5, 5.41) is 10.6. The van der Waals surface area contributed by atoms with E-state index in [2.05, 4.69) is 25.5 Å². The molecule has 98 valence electrons. The summed E-state index contributed by atoms with van der Waals surface area (Å²) in [6.45, 7) is 0. The summed E-state index contributed by atoms with van der Waals surface area (Å²) in [4.78, 5) is 8.23. The van der Waals surface area contributed by atoms with Crippen LogP contribution in [0, 0.1) is 0 Å². The normalized spacial score (nSPS) is 14.4. The Balaban J connectivity index is 1.84. The maximum Gasteiger partial charge on any atom is 0.188 e. The highest BCUT2D eigenvalue weighted by molar-refractivity contribution is 7.80. The fourth-order valence-electron chi connectivity index (χ4n) is 1.70. The Bertz CT molecular complexity index is 636. The van der Waals surface area contributed by atoms with Gasteiger partial charge in [-0.1, -0.05) is 23.8 Å². The molecule has 2 aromatic rings. The average Bonchev–Trinajstić information content (AvgIpc) is 3.13. The summed E-state index contributed by atoms with van der Waals surface area (Å²) in [6.07, 6.45) is 3.88. The highest BCUT2D eigenvalue weighted by atomic mass is 35.5. The fraction of sp³-hybridized carbons (Fsp3) is 0.273. The molecule has 1 fully saturated rings.